The van der Waals surface area contributed by atoms with E-state index in [4.69, 9.17) is 4.74 Å². The van der Waals surface area contributed by atoms with Crippen LogP contribution in [0, 0.1) is 10.1 Å². The van der Waals surface area contributed by atoms with Crippen molar-refractivity contribution >= 4 is 27.1 Å². The molecule has 0 saturated heterocycles. The summed E-state index contributed by atoms with van der Waals surface area (Å²) in [6.45, 7) is 1.47. The molecule has 26 heavy (non-hydrogen) atoms. The second-order valence-electron chi connectivity index (χ2n) is 5.18. The Morgan fingerprint density at radius 2 is 1.96 bits per heavy atom. The van der Waals surface area contributed by atoms with E-state index in [1.54, 1.807) is 0 Å². The summed E-state index contributed by atoms with van der Waals surface area (Å²) in [6, 6.07) is 7.11. The molecule has 2 rings (SSSR count). The maximum atomic E-state index is 12.3. The van der Waals surface area contributed by atoms with Crippen LogP contribution in [0.1, 0.15) is 17.3 Å². The average Bonchev–Trinajstić information content (AvgIpc) is 2.62. The number of nitro groups is 1. The lowest BCUT2D eigenvalue weighted by Gasteiger charge is -2.10. The molecule has 10 heteroatoms. The molecule has 0 aliphatic rings. The van der Waals surface area contributed by atoms with Crippen LogP contribution in [0.4, 0.5) is 11.4 Å². The van der Waals surface area contributed by atoms with E-state index in [-0.39, 0.29) is 33.4 Å². The van der Waals surface area contributed by atoms with Crippen LogP contribution in [0.2, 0.25) is 0 Å². The number of ether oxygens (including phenoxy) is 1. The van der Waals surface area contributed by atoms with Gasteiger partial charge in [0.25, 0.3) is 5.91 Å². The zero-order valence-electron chi connectivity index (χ0n) is 13.9. The van der Waals surface area contributed by atoms with E-state index in [1.165, 1.54) is 32.2 Å². The predicted octanol–water partition coefficient (Wildman–Crippen LogP) is 2.35. The van der Waals surface area contributed by atoms with E-state index in [2.05, 4.69) is 5.32 Å². The summed E-state index contributed by atoms with van der Waals surface area (Å²) in [5, 5.41) is 23.2. The van der Waals surface area contributed by atoms with Crippen molar-refractivity contribution in [2.24, 2.45) is 0 Å². The van der Waals surface area contributed by atoms with Crippen LogP contribution in [0.15, 0.2) is 41.3 Å². The van der Waals surface area contributed by atoms with Gasteiger partial charge in [0, 0.05) is 11.6 Å². The highest BCUT2D eigenvalue weighted by Crippen LogP contribution is 2.30. The zero-order chi connectivity index (χ0) is 19.5. The molecule has 0 spiro atoms. The number of carbonyl (C=O) groups excluding carboxylic acids is 1. The van der Waals surface area contributed by atoms with Gasteiger partial charge in [0.2, 0.25) is 0 Å². The number of aromatic hydroxyl groups is 1. The van der Waals surface area contributed by atoms with Gasteiger partial charge in [-0.25, -0.2) is 8.42 Å². The summed E-state index contributed by atoms with van der Waals surface area (Å²) < 4.78 is 28.7. The van der Waals surface area contributed by atoms with Crippen molar-refractivity contribution < 1.29 is 28.0 Å². The second kappa shape index (κ2) is 7.40. The minimum atomic E-state index is -3.53. The molecule has 0 unspecified atom stereocenters. The van der Waals surface area contributed by atoms with Crippen molar-refractivity contribution in [3.8, 4) is 11.5 Å². The first kappa shape index (κ1) is 19.2. The fourth-order valence-corrected chi connectivity index (χ4v) is 3.05. The molecule has 9 nitrogen and oxygen atoms in total. The number of benzene rings is 2. The summed E-state index contributed by atoms with van der Waals surface area (Å²) in [5.74, 6) is -1.24. The van der Waals surface area contributed by atoms with Gasteiger partial charge in [-0.1, -0.05) is 6.92 Å². The van der Waals surface area contributed by atoms with Gasteiger partial charge in [-0.15, -0.1) is 0 Å². The van der Waals surface area contributed by atoms with Crippen LogP contribution >= 0.6 is 0 Å². The van der Waals surface area contributed by atoms with E-state index >= 15 is 0 Å². The minimum absolute atomic E-state index is 0.00886. The van der Waals surface area contributed by atoms with E-state index in [1.807, 2.05) is 0 Å². The molecule has 0 atom stereocenters. The highest BCUT2D eigenvalue weighted by molar-refractivity contribution is 7.91. The number of nitrogens with one attached hydrogen (secondary N) is 1. The molecular formula is C16H16N2O7S. The quantitative estimate of drug-likeness (QED) is 0.446. The number of nitro benzene ring substituents is 1. The molecule has 0 aliphatic heterocycles. The monoisotopic (exact) mass is 380 g/mol. The van der Waals surface area contributed by atoms with Crippen LogP contribution in [-0.2, 0) is 9.84 Å². The van der Waals surface area contributed by atoms with E-state index in [0.717, 1.165) is 18.2 Å². The Bertz CT molecular complexity index is 971. The topological polar surface area (TPSA) is 136 Å². The summed E-state index contributed by atoms with van der Waals surface area (Å²) in [4.78, 5) is 22.6. The normalized spacial score (nSPS) is 11.0. The van der Waals surface area contributed by atoms with Crippen LogP contribution in [-0.4, -0.2) is 37.2 Å². The number of hydrogen-bond donors (Lipinski definition) is 2. The number of amides is 1. The highest BCUT2D eigenvalue weighted by atomic mass is 32.2. The molecule has 2 N–H and O–H groups in total. The van der Waals surface area contributed by atoms with Crippen molar-refractivity contribution in [3.05, 3.63) is 52.1 Å². The number of carbonyl (C=O) groups is 1. The number of phenols is 1. The van der Waals surface area contributed by atoms with E-state index < -0.39 is 26.4 Å². The molecule has 0 saturated carbocycles. The second-order valence-corrected chi connectivity index (χ2v) is 7.46. The third kappa shape index (κ3) is 3.91. The third-order valence-corrected chi connectivity index (χ3v) is 5.33. The maximum absolute atomic E-state index is 12.3. The number of anilines is 1. The molecule has 0 aromatic heterocycles. The molecule has 0 bridgehead atoms. The van der Waals surface area contributed by atoms with Crippen LogP contribution in [0.3, 0.4) is 0 Å². The molecule has 2 aromatic rings. The Hall–Kier alpha value is -3.14. The number of phenolic OH excluding ortho intramolecular Hbond substituents is 1. The number of nitrogens with zero attached hydrogens (tertiary/aromatic N) is 1. The molecular weight excluding hydrogens is 364 g/mol. The van der Waals surface area contributed by atoms with Crippen molar-refractivity contribution in [2.45, 2.75) is 11.8 Å². The maximum Gasteiger partial charge on any atom is 0.311 e. The van der Waals surface area contributed by atoms with Crippen LogP contribution in [0.25, 0.3) is 0 Å². The lowest BCUT2D eigenvalue weighted by atomic mass is 10.1. The van der Waals surface area contributed by atoms with Gasteiger partial charge in [0.05, 0.1) is 28.4 Å². The lowest BCUT2D eigenvalue weighted by Crippen LogP contribution is -2.13. The van der Waals surface area contributed by atoms with Crippen molar-refractivity contribution in [1.82, 2.24) is 0 Å². The van der Waals surface area contributed by atoms with Gasteiger partial charge in [-0.2, -0.15) is 0 Å². The van der Waals surface area contributed by atoms with Crippen LogP contribution < -0.4 is 10.1 Å². The van der Waals surface area contributed by atoms with E-state index in [9.17, 15) is 28.4 Å². The Labute approximate surface area is 149 Å². The van der Waals surface area contributed by atoms with E-state index in [0.29, 0.717) is 0 Å². The summed E-state index contributed by atoms with van der Waals surface area (Å²) in [5.41, 5.74) is -0.574. The third-order valence-electron chi connectivity index (χ3n) is 3.59. The summed E-state index contributed by atoms with van der Waals surface area (Å²) in [6.07, 6.45) is 0. The number of methoxy groups -OCH3 is 1. The summed E-state index contributed by atoms with van der Waals surface area (Å²) in [7, 11) is -2.27. The van der Waals surface area contributed by atoms with Gasteiger partial charge in [0.15, 0.2) is 15.6 Å². The zero-order valence-corrected chi connectivity index (χ0v) is 14.7. The smallest absolute Gasteiger partial charge is 0.311 e. The first-order valence-corrected chi connectivity index (χ1v) is 9.04. The highest BCUT2D eigenvalue weighted by Gasteiger charge is 2.20. The predicted molar refractivity (Wildman–Crippen MR) is 93.4 cm³/mol. The summed E-state index contributed by atoms with van der Waals surface area (Å²) >= 11 is 0. The molecule has 0 heterocycles. The Morgan fingerprint density at radius 3 is 2.54 bits per heavy atom. The number of rotatable bonds is 6. The van der Waals surface area contributed by atoms with Gasteiger partial charge < -0.3 is 15.2 Å². The Kier molecular flexibility index (Phi) is 5.46. The standard InChI is InChI=1S/C16H16N2O7S/c1-3-26(23,24)11-5-6-14(19)12(9-11)17-16(20)10-4-7-15(25-2)13(8-10)18(21)22/h4-9,19H,3H2,1-2H3,(H,17,20). The first-order chi connectivity index (χ1) is 12.2. The Balaban J connectivity index is 2.37. The largest absolute Gasteiger partial charge is 0.506 e. The molecule has 0 radical (unpaired) electrons. The number of hydrogen-bond acceptors (Lipinski definition) is 7. The number of sulfone groups is 1. The van der Waals surface area contributed by atoms with Crippen molar-refractivity contribution in [3.63, 3.8) is 0 Å². The van der Waals surface area contributed by atoms with Gasteiger partial charge in [-0.05, 0) is 30.3 Å². The molecule has 138 valence electrons. The molecule has 1 amide bonds. The molecule has 0 fully saturated rings. The van der Waals surface area contributed by atoms with Gasteiger partial charge >= 0.3 is 5.69 Å². The first-order valence-electron chi connectivity index (χ1n) is 7.39. The average molecular weight is 380 g/mol. The minimum Gasteiger partial charge on any atom is -0.506 e. The molecule has 0 aliphatic carbocycles. The Morgan fingerprint density at radius 1 is 1.27 bits per heavy atom. The van der Waals surface area contributed by atoms with Gasteiger partial charge in [0.1, 0.15) is 5.75 Å². The van der Waals surface area contributed by atoms with Crippen molar-refractivity contribution in [1.29, 1.82) is 0 Å². The lowest BCUT2D eigenvalue weighted by molar-refractivity contribution is -0.385. The van der Waals surface area contributed by atoms with Gasteiger partial charge in [-0.3, -0.25) is 14.9 Å². The SMILES string of the molecule is CCS(=O)(=O)c1ccc(O)c(NC(=O)c2ccc(OC)c([N+](=O)[O-])c2)c1. The van der Waals surface area contributed by atoms with Crippen molar-refractivity contribution in [2.75, 3.05) is 18.2 Å². The molecule has 2 aromatic carbocycles. The fourth-order valence-electron chi connectivity index (χ4n) is 2.14. The fraction of sp³-hybridized carbons (Fsp3) is 0.188. The van der Waals surface area contributed by atoms with Crippen LogP contribution in [0.5, 0.6) is 11.5 Å².